The highest BCUT2D eigenvalue weighted by molar-refractivity contribution is 4.67. The van der Waals surface area contributed by atoms with Crippen LogP contribution in [-0.2, 0) is 18.9 Å². The largest absolute Gasteiger partial charge is 0.395 e. The van der Waals surface area contributed by atoms with Crippen LogP contribution in [0.15, 0.2) is 0 Å². The molecule has 0 radical (unpaired) electrons. The zero-order chi connectivity index (χ0) is 29.0. The van der Waals surface area contributed by atoms with Gasteiger partial charge in [0.05, 0.1) is 58.0 Å². The number of hydrogen-bond acceptors (Lipinski definition) is 7. The van der Waals surface area contributed by atoms with E-state index in [1.807, 2.05) is 25.7 Å². The van der Waals surface area contributed by atoms with Gasteiger partial charge in [-0.25, -0.2) is 0 Å². The lowest BCUT2D eigenvalue weighted by molar-refractivity contribution is -0.0846. The van der Waals surface area contributed by atoms with E-state index in [0.29, 0.717) is 39.5 Å². The van der Waals surface area contributed by atoms with E-state index in [0.717, 1.165) is 13.0 Å². The smallest absolute Gasteiger partial charge is 0.0781 e. The van der Waals surface area contributed by atoms with E-state index in [4.69, 9.17) is 18.9 Å². The maximum Gasteiger partial charge on any atom is 0.0781 e. The molecule has 4 atom stereocenters. The van der Waals surface area contributed by atoms with Crippen LogP contribution in [0.1, 0.15) is 125 Å². The molecule has 0 aromatic heterocycles. The first-order chi connectivity index (χ1) is 18.9. The molecule has 4 unspecified atom stereocenters. The molecular formula is C32H67NO6. The monoisotopic (exact) mass is 561 g/mol. The molecule has 0 aromatic rings. The summed E-state index contributed by atoms with van der Waals surface area (Å²) in [6.07, 6.45) is 19.2. The third kappa shape index (κ3) is 26.4. The fourth-order valence-corrected chi connectivity index (χ4v) is 4.61. The number of hydrogen-bond donors (Lipinski definition) is 2. The van der Waals surface area contributed by atoms with E-state index in [-0.39, 0.29) is 37.6 Å². The highest BCUT2D eigenvalue weighted by Crippen LogP contribution is 2.13. The van der Waals surface area contributed by atoms with E-state index in [2.05, 4.69) is 13.8 Å². The molecule has 0 aromatic carbocycles. The van der Waals surface area contributed by atoms with Crippen LogP contribution in [0.3, 0.4) is 0 Å². The van der Waals surface area contributed by atoms with Gasteiger partial charge in [0.15, 0.2) is 0 Å². The lowest BCUT2D eigenvalue weighted by atomic mass is 10.0. The molecule has 39 heavy (non-hydrogen) atoms. The van der Waals surface area contributed by atoms with Gasteiger partial charge in [0.1, 0.15) is 0 Å². The third-order valence-electron chi connectivity index (χ3n) is 7.25. The normalized spacial score (nSPS) is 15.1. The fraction of sp³-hybridized carbons (Fsp3) is 1.00. The van der Waals surface area contributed by atoms with Crippen molar-refractivity contribution in [3.05, 3.63) is 0 Å². The molecule has 0 fully saturated rings. The van der Waals surface area contributed by atoms with Crippen LogP contribution in [0.2, 0.25) is 0 Å². The first kappa shape index (κ1) is 38.7. The van der Waals surface area contributed by atoms with Crippen molar-refractivity contribution in [2.45, 2.75) is 149 Å². The second-order valence-corrected chi connectivity index (χ2v) is 11.4. The number of aliphatic hydroxyl groups is 2. The second-order valence-electron chi connectivity index (χ2n) is 11.4. The van der Waals surface area contributed by atoms with Gasteiger partial charge < -0.3 is 29.2 Å². The molecule has 0 amide bonds. The van der Waals surface area contributed by atoms with Crippen molar-refractivity contribution in [3.63, 3.8) is 0 Å². The maximum atomic E-state index is 9.17. The number of ether oxygens (including phenoxy) is 4. The fourth-order valence-electron chi connectivity index (χ4n) is 4.61. The molecule has 2 N–H and O–H groups in total. The minimum atomic E-state index is -0.0362. The van der Waals surface area contributed by atoms with Crippen molar-refractivity contribution < 1.29 is 29.2 Å². The second kappa shape index (κ2) is 29.2. The summed E-state index contributed by atoms with van der Waals surface area (Å²) in [6.45, 7) is 14.6. The maximum absolute atomic E-state index is 9.17. The van der Waals surface area contributed by atoms with Crippen molar-refractivity contribution in [1.82, 2.24) is 4.90 Å². The third-order valence-corrected chi connectivity index (χ3v) is 7.25. The summed E-state index contributed by atoms with van der Waals surface area (Å²) in [4.78, 5) is 2.02. The molecule has 7 heteroatoms. The molecule has 0 rings (SSSR count). The molecule has 0 bridgehead atoms. The van der Waals surface area contributed by atoms with Crippen LogP contribution in [0.25, 0.3) is 0 Å². The molecule has 0 saturated heterocycles. The topological polar surface area (TPSA) is 80.6 Å². The Labute approximate surface area is 242 Å². The van der Waals surface area contributed by atoms with Gasteiger partial charge in [0, 0.05) is 25.7 Å². The van der Waals surface area contributed by atoms with Crippen molar-refractivity contribution in [3.8, 4) is 0 Å². The van der Waals surface area contributed by atoms with Crippen molar-refractivity contribution >= 4 is 0 Å². The average Bonchev–Trinajstić information content (AvgIpc) is 2.93. The Morgan fingerprint density at radius 3 is 1.33 bits per heavy atom. The molecule has 0 aliphatic carbocycles. The first-order valence-electron chi connectivity index (χ1n) is 16.3. The van der Waals surface area contributed by atoms with Gasteiger partial charge >= 0.3 is 0 Å². The van der Waals surface area contributed by atoms with Crippen molar-refractivity contribution in [2.24, 2.45) is 0 Å². The first-order valence-corrected chi connectivity index (χ1v) is 16.3. The van der Waals surface area contributed by atoms with Crippen LogP contribution < -0.4 is 0 Å². The molecule has 0 spiro atoms. The van der Waals surface area contributed by atoms with Crippen LogP contribution in [0, 0.1) is 0 Å². The summed E-state index contributed by atoms with van der Waals surface area (Å²) in [5, 5.41) is 18.3. The van der Waals surface area contributed by atoms with Crippen LogP contribution >= 0.6 is 0 Å². The van der Waals surface area contributed by atoms with Crippen molar-refractivity contribution in [1.29, 1.82) is 0 Å². The van der Waals surface area contributed by atoms with Gasteiger partial charge in [-0.3, -0.25) is 4.90 Å². The minimum absolute atomic E-state index is 0.0120. The highest BCUT2D eigenvalue weighted by Gasteiger charge is 2.15. The summed E-state index contributed by atoms with van der Waals surface area (Å²) in [5.41, 5.74) is 0. The summed E-state index contributed by atoms with van der Waals surface area (Å²) in [6, 6.07) is 0.123. The van der Waals surface area contributed by atoms with Gasteiger partial charge in [-0.2, -0.15) is 0 Å². The Morgan fingerprint density at radius 1 is 0.513 bits per heavy atom. The number of rotatable bonds is 31. The summed E-state index contributed by atoms with van der Waals surface area (Å²) >= 11 is 0. The molecule has 7 nitrogen and oxygen atoms in total. The highest BCUT2D eigenvalue weighted by atomic mass is 16.6. The minimum Gasteiger partial charge on any atom is -0.395 e. The molecule has 0 saturated carbocycles. The quantitative estimate of drug-likeness (QED) is 0.0951. The zero-order valence-corrected chi connectivity index (χ0v) is 26.5. The SMILES string of the molecule is CCCCCCCCCCCCCCCCOCC(C)OCC(C)OCC(C)OCC(C)N(CCO)CCO. The summed E-state index contributed by atoms with van der Waals surface area (Å²) in [7, 11) is 0. The van der Waals surface area contributed by atoms with Gasteiger partial charge in [-0.05, 0) is 34.1 Å². The van der Waals surface area contributed by atoms with Crippen LogP contribution in [0.4, 0.5) is 0 Å². The Hall–Kier alpha value is -0.280. The van der Waals surface area contributed by atoms with Gasteiger partial charge in [-0.15, -0.1) is 0 Å². The lowest BCUT2D eigenvalue weighted by Crippen LogP contribution is -2.41. The predicted molar refractivity (Wildman–Crippen MR) is 163 cm³/mol. The van der Waals surface area contributed by atoms with E-state index in [1.165, 1.54) is 83.5 Å². The summed E-state index contributed by atoms with van der Waals surface area (Å²) in [5.74, 6) is 0. The number of aliphatic hydroxyl groups excluding tert-OH is 2. The van der Waals surface area contributed by atoms with Gasteiger partial charge in [-0.1, -0.05) is 90.4 Å². The average molecular weight is 562 g/mol. The van der Waals surface area contributed by atoms with Crippen LogP contribution in [0.5, 0.6) is 0 Å². The molecule has 0 heterocycles. The Bertz CT molecular complexity index is 478. The molecule has 0 aliphatic rings. The molecule has 0 aliphatic heterocycles. The Kier molecular flexibility index (Phi) is 29.0. The van der Waals surface area contributed by atoms with Crippen molar-refractivity contribution in [2.75, 3.05) is 59.3 Å². The standard InChI is InChI=1S/C32H67NO6/c1-6-7-8-9-10-11-12-13-14-15-16-17-18-19-24-36-26-30(3)38-28-32(5)39-27-31(4)37-25-29(2)33(20-22-34)21-23-35/h29-32,34-35H,6-28H2,1-5H3. The van der Waals surface area contributed by atoms with Gasteiger partial charge in [0.2, 0.25) is 0 Å². The Balaban J connectivity index is 3.55. The van der Waals surface area contributed by atoms with E-state index in [9.17, 15) is 10.2 Å². The van der Waals surface area contributed by atoms with E-state index >= 15 is 0 Å². The van der Waals surface area contributed by atoms with E-state index < -0.39 is 0 Å². The van der Waals surface area contributed by atoms with Gasteiger partial charge in [0.25, 0.3) is 0 Å². The zero-order valence-electron chi connectivity index (χ0n) is 26.5. The van der Waals surface area contributed by atoms with Crippen LogP contribution in [-0.4, -0.2) is 98.8 Å². The Morgan fingerprint density at radius 2 is 0.897 bits per heavy atom. The predicted octanol–water partition coefficient (Wildman–Crippen LogP) is 6.37. The number of nitrogens with zero attached hydrogens (tertiary/aromatic N) is 1. The van der Waals surface area contributed by atoms with E-state index in [1.54, 1.807) is 0 Å². The lowest BCUT2D eigenvalue weighted by Gasteiger charge is -2.28. The molecular weight excluding hydrogens is 494 g/mol. The molecule has 236 valence electrons. The summed E-state index contributed by atoms with van der Waals surface area (Å²) < 4.78 is 23.5. The number of unbranched alkanes of at least 4 members (excludes halogenated alkanes) is 13.